The van der Waals surface area contributed by atoms with E-state index in [1.54, 1.807) is 0 Å². The standard InChI is InChI=1S/C12H10F2N4O3/c1-21-9-2-3-15-12(16-9)18-17-11(20)10-7(14)4-6(13)5-8(10)19/h2-5,19H,1H3,(H,17,20)(H,15,16,18). The minimum absolute atomic E-state index is 0.00953. The van der Waals surface area contributed by atoms with Gasteiger partial charge in [-0.15, -0.1) is 0 Å². The van der Waals surface area contributed by atoms with E-state index < -0.39 is 28.9 Å². The van der Waals surface area contributed by atoms with Crippen LogP contribution in [0, 0.1) is 11.6 Å². The summed E-state index contributed by atoms with van der Waals surface area (Å²) >= 11 is 0. The zero-order valence-corrected chi connectivity index (χ0v) is 10.7. The zero-order valence-electron chi connectivity index (χ0n) is 10.7. The molecule has 0 bridgehead atoms. The van der Waals surface area contributed by atoms with Gasteiger partial charge in [-0.3, -0.25) is 15.6 Å². The molecule has 0 atom stereocenters. The summed E-state index contributed by atoms with van der Waals surface area (Å²) in [6.07, 6.45) is 1.37. The van der Waals surface area contributed by atoms with Crippen molar-refractivity contribution < 1.29 is 23.4 Å². The second kappa shape index (κ2) is 5.99. The van der Waals surface area contributed by atoms with Gasteiger partial charge in [-0.2, -0.15) is 4.98 Å². The summed E-state index contributed by atoms with van der Waals surface area (Å²) in [7, 11) is 1.40. The van der Waals surface area contributed by atoms with Crippen molar-refractivity contribution >= 4 is 11.9 Å². The third kappa shape index (κ3) is 3.32. The lowest BCUT2D eigenvalue weighted by Crippen LogP contribution is -2.31. The van der Waals surface area contributed by atoms with Crippen molar-refractivity contribution in [3.63, 3.8) is 0 Å². The van der Waals surface area contributed by atoms with E-state index >= 15 is 0 Å². The average molecular weight is 296 g/mol. The molecular weight excluding hydrogens is 286 g/mol. The van der Waals surface area contributed by atoms with Crippen molar-refractivity contribution in [3.8, 4) is 11.6 Å². The quantitative estimate of drug-likeness (QED) is 0.734. The fraction of sp³-hybridized carbons (Fsp3) is 0.0833. The number of phenols is 1. The van der Waals surface area contributed by atoms with Crippen molar-refractivity contribution in [1.29, 1.82) is 0 Å². The number of aromatic hydroxyl groups is 1. The topological polar surface area (TPSA) is 96.4 Å². The van der Waals surface area contributed by atoms with Gasteiger partial charge in [0.25, 0.3) is 5.91 Å². The minimum Gasteiger partial charge on any atom is -0.507 e. The van der Waals surface area contributed by atoms with E-state index in [-0.39, 0.29) is 11.8 Å². The fourth-order valence-corrected chi connectivity index (χ4v) is 1.48. The molecule has 0 aliphatic carbocycles. The van der Waals surface area contributed by atoms with Gasteiger partial charge in [-0.1, -0.05) is 0 Å². The van der Waals surface area contributed by atoms with E-state index in [0.29, 0.717) is 12.1 Å². The Balaban J connectivity index is 2.12. The van der Waals surface area contributed by atoms with Crippen molar-refractivity contribution in [2.45, 2.75) is 0 Å². The van der Waals surface area contributed by atoms with Gasteiger partial charge in [0.2, 0.25) is 11.8 Å². The van der Waals surface area contributed by atoms with Crippen molar-refractivity contribution in [2.24, 2.45) is 0 Å². The molecule has 7 nitrogen and oxygen atoms in total. The Morgan fingerprint density at radius 3 is 2.81 bits per heavy atom. The van der Waals surface area contributed by atoms with Crippen LogP contribution in [0.25, 0.3) is 0 Å². The molecule has 0 fully saturated rings. The largest absolute Gasteiger partial charge is 0.507 e. The van der Waals surface area contributed by atoms with Gasteiger partial charge >= 0.3 is 0 Å². The number of methoxy groups -OCH3 is 1. The Morgan fingerprint density at radius 2 is 2.14 bits per heavy atom. The molecule has 1 aromatic carbocycles. The molecule has 0 aliphatic rings. The summed E-state index contributed by atoms with van der Waals surface area (Å²) in [4.78, 5) is 19.4. The Morgan fingerprint density at radius 1 is 1.38 bits per heavy atom. The minimum atomic E-state index is -1.20. The number of hydrogen-bond donors (Lipinski definition) is 3. The van der Waals surface area contributed by atoms with E-state index in [9.17, 15) is 18.7 Å². The first-order valence-electron chi connectivity index (χ1n) is 5.62. The predicted octanol–water partition coefficient (Wildman–Crippen LogP) is 1.23. The molecule has 9 heteroatoms. The first-order chi connectivity index (χ1) is 10.0. The Labute approximate surface area is 117 Å². The second-order valence-electron chi connectivity index (χ2n) is 3.78. The summed E-state index contributed by atoms with van der Waals surface area (Å²) in [5.74, 6) is -3.79. The summed E-state index contributed by atoms with van der Waals surface area (Å²) < 4.78 is 31.1. The van der Waals surface area contributed by atoms with Gasteiger partial charge in [0, 0.05) is 24.4 Å². The number of nitrogens with zero attached hydrogens (tertiary/aromatic N) is 2. The second-order valence-corrected chi connectivity index (χ2v) is 3.78. The number of phenolic OH excluding ortho intramolecular Hbond substituents is 1. The first kappa shape index (κ1) is 14.4. The van der Waals surface area contributed by atoms with Crippen LogP contribution in [0.3, 0.4) is 0 Å². The molecule has 0 radical (unpaired) electrons. The highest BCUT2D eigenvalue weighted by Crippen LogP contribution is 2.21. The van der Waals surface area contributed by atoms with Crippen LogP contribution >= 0.6 is 0 Å². The number of ether oxygens (including phenoxy) is 1. The normalized spacial score (nSPS) is 10.0. The predicted molar refractivity (Wildman–Crippen MR) is 67.7 cm³/mol. The number of carbonyl (C=O) groups excluding carboxylic acids is 1. The number of amides is 1. The number of halogens is 2. The molecule has 1 aromatic heterocycles. The monoisotopic (exact) mass is 296 g/mol. The van der Waals surface area contributed by atoms with Crippen LogP contribution in [-0.4, -0.2) is 28.1 Å². The fourth-order valence-electron chi connectivity index (χ4n) is 1.48. The van der Waals surface area contributed by atoms with Crippen molar-refractivity contribution in [3.05, 3.63) is 41.6 Å². The first-order valence-corrected chi connectivity index (χ1v) is 5.62. The Kier molecular flexibility index (Phi) is 4.12. The van der Waals surface area contributed by atoms with Crippen LogP contribution in [0.15, 0.2) is 24.4 Å². The molecule has 110 valence electrons. The van der Waals surface area contributed by atoms with Gasteiger partial charge in [-0.25, -0.2) is 13.8 Å². The molecule has 2 aromatic rings. The van der Waals surface area contributed by atoms with Crippen LogP contribution in [0.4, 0.5) is 14.7 Å². The van der Waals surface area contributed by atoms with Crippen LogP contribution < -0.4 is 15.6 Å². The highest BCUT2D eigenvalue weighted by Gasteiger charge is 2.18. The van der Waals surface area contributed by atoms with Crippen molar-refractivity contribution in [1.82, 2.24) is 15.4 Å². The molecule has 0 spiro atoms. The van der Waals surface area contributed by atoms with Crippen LogP contribution in [0.5, 0.6) is 11.6 Å². The smallest absolute Gasteiger partial charge is 0.276 e. The van der Waals surface area contributed by atoms with Gasteiger partial charge in [-0.05, 0) is 0 Å². The number of nitrogens with one attached hydrogen (secondary N) is 2. The number of benzene rings is 1. The molecule has 21 heavy (non-hydrogen) atoms. The van der Waals surface area contributed by atoms with E-state index in [1.165, 1.54) is 19.4 Å². The maximum absolute atomic E-state index is 13.5. The number of carbonyl (C=O) groups is 1. The zero-order chi connectivity index (χ0) is 15.4. The molecule has 0 saturated heterocycles. The van der Waals surface area contributed by atoms with E-state index in [4.69, 9.17) is 4.74 Å². The lowest BCUT2D eigenvalue weighted by Gasteiger charge is -2.09. The average Bonchev–Trinajstić information content (AvgIpc) is 2.44. The summed E-state index contributed by atoms with van der Waals surface area (Å²) in [6.45, 7) is 0. The summed E-state index contributed by atoms with van der Waals surface area (Å²) in [5, 5.41) is 9.40. The van der Waals surface area contributed by atoms with Gasteiger partial charge in [0.15, 0.2) is 0 Å². The SMILES string of the molecule is COc1ccnc(NNC(=O)c2c(O)cc(F)cc2F)n1. The molecule has 0 saturated carbocycles. The molecular formula is C12H10F2N4O3. The third-order valence-electron chi connectivity index (χ3n) is 2.39. The maximum Gasteiger partial charge on any atom is 0.276 e. The molecule has 3 N–H and O–H groups in total. The summed E-state index contributed by atoms with van der Waals surface area (Å²) in [6, 6.07) is 2.59. The van der Waals surface area contributed by atoms with Gasteiger partial charge in [0.1, 0.15) is 22.9 Å². The number of hydrazine groups is 1. The van der Waals surface area contributed by atoms with E-state index in [1.807, 2.05) is 0 Å². The lowest BCUT2D eigenvalue weighted by atomic mass is 10.1. The molecule has 1 amide bonds. The summed E-state index contributed by atoms with van der Waals surface area (Å²) in [5.41, 5.74) is 3.69. The van der Waals surface area contributed by atoms with Crippen LogP contribution in [0.1, 0.15) is 10.4 Å². The van der Waals surface area contributed by atoms with Gasteiger partial charge in [0.05, 0.1) is 7.11 Å². The highest BCUT2D eigenvalue weighted by atomic mass is 19.1. The van der Waals surface area contributed by atoms with E-state index in [0.717, 1.165) is 0 Å². The highest BCUT2D eigenvalue weighted by molar-refractivity contribution is 5.97. The number of rotatable bonds is 4. The molecule has 0 aliphatic heterocycles. The lowest BCUT2D eigenvalue weighted by molar-refractivity contribution is 0.0955. The van der Waals surface area contributed by atoms with Crippen LogP contribution in [-0.2, 0) is 0 Å². The van der Waals surface area contributed by atoms with E-state index in [2.05, 4.69) is 20.8 Å². The Hall–Kier alpha value is -2.97. The number of aromatic nitrogens is 2. The van der Waals surface area contributed by atoms with Crippen molar-refractivity contribution in [2.75, 3.05) is 12.5 Å². The maximum atomic E-state index is 13.5. The number of hydrogen-bond acceptors (Lipinski definition) is 6. The molecule has 0 unspecified atom stereocenters. The van der Waals surface area contributed by atoms with Gasteiger partial charge < -0.3 is 9.84 Å². The van der Waals surface area contributed by atoms with Crippen LogP contribution in [0.2, 0.25) is 0 Å². The Bertz CT molecular complexity index is 658. The molecule has 1 heterocycles. The number of anilines is 1. The third-order valence-corrected chi connectivity index (χ3v) is 2.39. The molecule has 2 rings (SSSR count).